The van der Waals surface area contributed by atoms with Gasteiger partial charge in [0.25, 0.3) is 5.82 Å². The molecule has 3 N–H and O–H groups in total. The van der Waals surface area contributed by atoms with E-state index in [-0.39, 0.29) is 12.1 Å². The largest absolute Gasteiger partial charge is 0.457 e. The van der Waals surface area contributed by atoms with Crippen LogP contribution in [0.15, 0.2) is 42.5 Å². The van der Waals surface area contributed by atoms with E-state index in [0.717, 1.165) is 5.01 Å². The summed E-state index contributed by atoms with van der Waals surface area (Å²) in [6.07, 6.45) is -8.22. The molecule has 0 spiro atoms. The number of ether oxygens (including phenoxy) is 1. The van der Waals surface area contributed by atoms with Crippen molar-refractivity contribution in [2.45, 2.75) is 24.7 Å². The summed E-state index contributed by atoms with van der Waals surface area (Å²) in [4.78, 5) is 24.2. The van der Waals surface area contributed by atoms with Crippen LogP contribution in [0.25, 0.3) is 11.1 Å². The number of hydrogen-bond acceptors (Lipinski definition) is 8. The van der Waals surface area contributed by atoms with Crippen molar-refractivity contribution in [2.24, 2.45) is 0 Å². The molecule has 38 heavy (non-hydrogen) atoms. The highest BCUT2D eigenvalue weighted by Gasteiger charge is 2.58. The van der Waals surface area contributed by atoms with E-state index in [1.807, 2.05) is 5.21 Å². The molecule has 1 unspecified atom stereocenters. The second-order valence-electron chi connectivity index (χ2n) is 7.70. The highest BCUT2D eigenvalue weighted by atomic mass is 35.5. The molecule has 1 aromatic heterocycles. The van der Waals surface area contributed by atoms with Gasteiger partial charge in [0.05, 0.1) is 6.54 Å². The SMILES string of the molecule is O=C(NN(Cc1ccc(-c2cc(Cl)ccc2F)cc1)CC(O)C(=O)OCC(F)(F)C(F)(F)F)c1nn[nH]n1. The van der Waals surface area contributed by atoms with Gasteiger partial charge in [-0.15, -0.1) is 10.2 Å². The average molecular weight is 567 g/mol. The van der Waals surface area contributed by atoms with Crippen molar-refractivity contribution in [2.75, 3.05) is 13.2 Å². The Morgan fingerprint density at radius 3 is 2.42 bits per heavy atom. The first kappa shape index (κ1) is 28.8. The summed E-state index contributed by atoms with van der Waals surface area (Å²) in [5.74, 6) is -9.06. The number of tetrazole rings is 1. The number of carbonyl (C=O) groups is 2. The number of amides is 1. The second kappa shape index (κ2) is 11.7. The van der Waals surface area contributed by atoms with Gasteiger partial charge in [-0.25, -0.2) is 14.2 Å². The molecule has 0 aliphatic rings. The first-order valence-corrected chi connectivity index (χ1v) is 10.8. The van der Waals surface area contributed by atoms with Gasteiger partial charge in [0.1, 0.15) is 5.82 Å². The van der Waals surface area contributed by atoms with Crippen molar-refractivity contribution >= 4 is 23.5 Å². The van der Waals surface area contributed by atoms with Crippen molar-refractivity contribution in [1.82, 2.24) is 31.1 Å². The fourth-order valence-corrected chi connectivity index (χ4v) is 3.13. The number of halogens is 7. The number of aliphatic hydroxyl groups is 1. The standard InChI is InChI=1S/C21H17ClF6N6O4/c22-13-5-6-15(23)14(7-13)12-3-1-11(2-4-12)8-34(31-18(36)17-29-32-33-30-17)9-16(35)19(37)38-10-20(24,25)21(26,27)28/h1-7,16,35H,8-10H2,(H,31,36)(H,29,30,32,33). The molecule has 0 radical (unpaired) electrons. The number of aromatic nitrogens is 4. The molecular weight excluding hydrogens is 550 g/mol. The first-order chi connectivity index (χ1) is 17.8. The zero-order valence-corrected chi connectivity index (χ0v) is 19.6. The Balaban J connectivity index is 1.73. The number of H-pyrrole nitrogens is 1. The van der Waals surface area contributed by atoms with Crippen molar-refractivity contribution in [1.29, 1.82) is 0 Å². The van der Waals surface area contributed by atoms with Gasteiger partial charge >= 0.3 is 24.0 Å². The van der Waals surface area contributed by atoms with Gasteiger partial charge in [0.15, 0.2) is 12.7 Å². The third-order valence-corrected chi connectivity index (χ3v) is 5.09. The lowest BCUT2D eigenvalue weighted by Gasteiger charge is -2.25. The smallest absolute Gasteiger partial charge is 0.456 e. The summed E-state index contributed by atoms with van der Waals surface area (Å²) in [7, 11) is 0. The molecule has 0 saturated heterocycles. The number of hydrazine groups is 1. The monoisotopic (exact) mass is 566 g/mol. The molecule has 0 fully saturated rings. The van der Waals surface area contributed by atoms with Crippen LogP contribution in [0.1, 0.15) is 16.2 Å². The van der Waals surface area contributed by atoms with Gasteiger partial charge in [-0.05, 0) is 34.5 Å². The molecule has 1 atom stereocenters. The Hall–Kier alpha value is -3.76. The van der Waals surface area contributed by atoms with Crippen LogP contribution in [-0.4, -0.2) is 74.0 Å². The summed E-state index contributed by atoms with van der Waals surface area (Å²) < 4.78 is 81.0. The summed E-state index contributed by atoms with van der Waals surface area (Å²) in [5, 5.41) is 23.4. The maximum absolute atomic E-state index is 14.2. The number of nitrogens with one attached hydrogen (secondary N) is 2. The average Bonchev–Trinajstić information content (AvgIpc) is 3.39. The summed E-state index contributed by atoms with van der Waals surface area (Å²) in [5.41, 5.74) is 3.35. The fourth-order valence-electron chi connectivity index (χ4n) is 2.95. The van der Waals surface area contributed by atoms with Crippen molar-refractivity contribution in [3.63, 3.8) is 0 Å². The van der Waals surface area contributed by atoms with Crippen LogP contribution in [0.4, 0.5) is 26.3 Å². The van der Waals surface area contributed by atoms with Crippen LogP contribution in [0.3, 0.4) is 0 Å². The zero-order valence-electron chi connectivity index (χ0n) is 18.8. The Kier molecular flexibility index (Phi) is 8.90. The third-order valence-electron chi connectivity index (χ3n) is 4.85. The molecule has 1 amide bonds. The van der Waals surface area contributed by atoms with Crippen LogP contribution in [0.5, 0.6) is 0 Å². The molecule has 204 valence electrons. The van der Waals surface area contributed by atoms with E-state index in [0.29, 0.717) is 16.1 Å². The number of carbonyl (C=O) groups excluding carboxylic acids is 2. The summed E-state index contributed by atoms with van der Waals surface area (Å²) in [6, 6.07) is 10.0. The molecule has 3 rings (SSSR count). The van der Waals surface area contributed by atoms with E-state index in [4.69, 9.17) is 11.6 Å². The van der Waals surface area contributed by atoms with Crippen molar-refractivity contribution < 1.29 is 45.8 Å². The van der Waals surface area contributed by atoms with E-state index in [2.05, 4.69) is 25.6 Å². The summed E-state index contributed by atoms with van der Waals surface area (Å²) in [6.45, 7) is -3.38. The molecule has 0 aliphatic carbocycles. The highest BCUT2D eigenvalue weighted by molar-refractivity contribution is 6.30. The number of aliphatic hydroxyl groups excluding tert-OH is 1. The van der Waals surface area contributed by atoms with Crippen molar-refractivity contribution in [3.8, 4) is 11.1 Å². The molecule has 3 aromatic rings. The molecule has 17 heteroatoms. The number of nitrogens with zero attached hydrogens (tertiary/aromatic N) is 4. The van der Waals surface area contributed by atoms with Crippen molar-refractivity contribution in [3.05, 3.63) is 64.7 Å². The molecule has 0 aliphatic heterocycles. The van der Waals surface area contributed by atoms with Crippen LogP contribution in [0, 0.1) is 5.82 Å². The number of esters is 1. The van der Waals surface area contributed by atoms with Gasteiger partial charge in [0, 0.05) is 17.1 Å². The molecule has 10 nitrogen and oxygen atoms in total. The minimum Gasteiger partial charge on any atom is -0.457 e. The topological polar surface area (TPSA) is 133 Å². The number of benzene rings is 2. The lowest BCUT2D eigenvalue weighted by Crippen LogP contribution is -2.48. The molecule has 0 bridgehead atoms. The minimum absolute atomic E-state index is 0.208. The van der Waals surface area contributed by atoms with Gasteiger partial charge in [-0.2, -0.15) is 27.2 Å². The number of alkyl halides is 5. The lowest BCUT2D eigenvalue weighted by atomic mass is 10.0. The lowest BCUT2D eigenvalue weighted by molar-refractivity contribution is -0.294. The van der Waals surface area contributed by atoms with Gasteiger partial charge < -0.3 is 9.84 Å². The van der Waals surface area contributed by atoms with Crippen LogP contribution < -0.4 is 5.43 Å². The van der Waals surface area contributed by atoms with E-state index in [9.17, 15) is 41.0 Å². The maximum atomic E-state index is 14.2. The van der Waals surface area contributed by atoms with Crippen LogP contribution >= 0.6 is 11.6 Å². The van der Waals surface area contributed by atoms with Crippen LogP contribution in [-0.2, 0) is 16.1 Å². The van der Waals surface area contributed by atoms with Gasteiger partial charge in [0.2, 0.25) is 0 Å². The van der Waals surface area contributed by atoms with E-state index < -0.39 is 54.9 Å². The second-order valence-corrected chi connectivity index (χ2v) is 8.14. The van der Waals surface area contributed by atoms with Gasteiger partial charge in [-0.1, -0.05) is 35.9 Å². The summed E-state index contributed by atoms with van der Waals surface area (Å²) >= 11 is 5.91. The Labute approximate surface area is 214 Å². The van der Waals surface area contributed by atoms with Gasteiger partial charge in [-0.3, -0.25) is 10.2 Å². The molecule has 1 heterocycles. The quantitative estimate of drug-likeness (QED) is 0.194. The third kappa shape index (κ3) is 7.39. The predicted octanol–water partition coefficient (Wildman–Crippen LogP) is 2.91. The Morgan fingerprint density at radius 1 is 1.13 bits per heavy atom. The first-order valence-electron chi connectivity index (χ1n) is 10.4. The fraction of sp³-hybridized carbons (Fsp3) is 0.286. The molecule has 0 saturated carbocycles. The maximum Gasteiger partial charge on any atom is 0.456 e. The number of hydrogen-bond donors (Lipinski definition) is 3. The molecule has 2 aromatic carbocycles. The molecular formula is C21H17ClF6N6O4. The van der Waals surface area contributed by atoms with Crippen LogP contribution in [0.2, 0.25) is 5.02 Å². The zero-order chi connectivity index (χ0) is 28.1. The number of aromatic amines is 1. The highest BCUT2D eigenvalue weighted by Crippen LogP contribution is 2.35. The number of rotatable bonds is 10. The Bertz CT molecular complexity index is 1260. The van der Waals surface area contributed by atoms with E-state index in [1.54, 1.807) is 0 Å². The Morgan fingerprint density at radius 2 is 1.82 bits per heavy atom. The normalized spacial score (nSPS) is 12.9. The minimum atomic E-state index is -5.97. The van der Waals surface area contributed by atoms with E-state index >= 15 is 0 Å². The predicted molar refractivity (Wildman–Crippen MR) is 117 cm³/mol. The van der Waals surface area contributed by atoms with E-state index in [1.165, 1.54) is 42.5 Å².